The SMILES string of the molecule is C=C(C)CC(NCCC)c1ccc(C)s1. The zero-order valence-corrected chi connectivity index (χ0v) is 10.8. The first kappa shape index (κ1) is 12.5. The monoisotopic (exact) mass is 223 g/mol. The van der Waals surface area contributed by atoms with Gasteiger partial charge in [0.05, 0.1) is 0 Å². The molecular formula is C13H21NS. The fraction of sp³-hybridized carbons (Fsp3) is 0.538. The first-order chi connectivity index (χ1) is 7.13. The highest BCUT2D eigenvalue weighted by molar-refractivity contribution is 7.12. The Morgan fingerprint density at radius 1 is 1.53 bits per heavy atom. The fourth-order valence-corrected chi connectivity index (χ4v) is 2.53. The van der Waals surface area contributed by atoms with E-state index in [1.807, 2.05) is 11.3 Å². The molecule has 0 aliphatic heterocycles. The van der Waals surface area contributed by atoms with E-state index in [4.69, 9.17) is 0 Å². The second-order valence-electron chi connectivity index (χ2n) is 4.12. The van der Waals surface area contributed by atoms with Crippen molar-refractivity contribution in [3.63, 3.8) is 0 Å². The molecule has 1 nitrogen and oxygen atoms in total. The second kappa shape index (κ2) is 6.09. The van der Waals surface area contributed by atoms with Crippen LogP contribution in [0.15, 0.2) is 24.3 Å². The van der Waals surface area contributed by atoms with E-state index >= 15 is 0 Å². The Bertz CT molecular complexity index is 314. The summed E-state index contributed by atoms with van der Waals surface area (Å²) in [6.45, 7) is 11.5. The van der Waals surface area contributed by atoms with E-state index < -0.39 is 0 Å². The van der Waals surface area contributed by atoms with Crippen molar-refractivity contribution in [2.24, 2.45) is 0 Å². The van der Waals surface area contributed by atoms with E-state index in [-0.39, 0.29) is 0 Å². The Kier molecular flexibility index (Phi) is 5.06. The summed E-state index contributed by atoms with van der Waals surface area (Å²) in [5.41, 5.74) is 1.25. The lowest BCUT2D eigenvalue weighted by Crippen LogP contribution is -2.21. The lowest BCUT2D eigenvalue weighted by atomic mass is 10.1. The van der Waals surface area contributed by atoms with Gasteiger partial charge in [0.25, 0.3) is 0 Å². The Balaban J connectivity index is 2.66. The Hall–Kier alpha value is -0.600. The number of hydrogen-bond acceptors (Lipinski definition) is 2. The van der Waals surface area contributed by atoms with Crippen LogP contribution in [0.1, 0.15) is 42.5 Å². The summed E-state index contributed by atoms with van der Waals surface area (Å²) in [6, 6.07) is 4.89. The van der Waals surface area contributed by atoms with Crippen molar-refractivity contribution in [3.8, 4) is 0 Å². The van der Waals surface area contributed by atoms with Crippen LogP contribution in [0.4, 0.5) is 0 Å². The average molecular weight is 223 g/mol. The van der Waals surface area contributed by atoms with Crippen LogP contribution in [0.5, 0.6) is 0 Å². The lowest BCUT2D eigenvalue weighted by molar-refractivity contribution is 0.535. The van der Waals surface area contributed by atoms with Gasteiger partial charge in [-0.1, -0.05) is 12.5 Å². The van der Waals surface area contributed by atoms with E-state index in [0.29, 0.717) is 6.04 Å². The van der Waals surface area contributed by atoms with Gasteiger partial charge < -0.3 is 5.32 Å². The molecule has 0 saturated heterocycles. The lowest BCUT2D eigenvalue weighted by Gasteiger charge is -2.17. The van der Waals surface area contributed by atoms with Crippen molar-refractivity contribution in [1.82, 2.24) is 5.32 Å². The molecule has 0 amide bonds. The minimum Gasteiger partial charge on any atom is -0.309 e. The predicted octanol–water partition coefficient (Wildman–Crippen LogP) is 4.06. The first-order valence-electron chi connectivity index (χ1n) is 5.57. The van der Waals surface area contributed by atoms with Gasteiger partial charge in [0.2, 0.25) is 0 Å². The van der Waals surface area contributed by atoms with Crippen LogP contribution in [0.2, 0.25) is 0 Å². The minimum absolute atomic E-state index is 0.459. The summed E-state index contributed by atoms with van der Waals surface area (Å²) in [5.74, 6) is 0. The van der Waals surface area contributed by atoms with Gasteiger partial charge in [-0.05, 0) is 45.4 Å². The van der Waals surface area contributed by atoms with Gasteiger partial charge in [0.1, 0.15) is 0 Å². The Morgan fingerprint density at radius 2 is 2.27 bits per heavy atom. The topological polar surface area (TPSA) is 12.0 Å². The van der Waals surface area contributed by atoms with Crippen LogP contribution in [-0.4, -0.2) is 6.54 Å². The van der Waals surface area contributed by atoms with Crippen LogP contribution >= 0.6 is 11.3 Å². The standard InChI is InChI=1S/C13H21NS/c1-5-8-14-12(9-10(2)3)13-7-6-11(4)15-13/h6-7,12,14H,2,5,8-9H2,1,3-4H3. The Labute approximate surface area is 97.2 Å². The van der Waals surface area contributed by atoms with Gasteiger partial charge in [-0.2, -0.15) is 0 Å². The van der Waals surface area contributed by atoms with Crippen LogP contribution in [-0.2, 0) is 0 Å². The van der Waals surface area contributed by atoms with E-state index in [1.54, 1.807) is 0 Å². The van der Waals surface area contributed by atoms with Crippen molar-refractivity contribution in [2.45, 2.75) is 39.7 Å². The van der Waals surface area contributed by atoms with Crippen molar-refractivity contribution in [1.29, 1.82) is 0 Å². The molecule has 15 heavy (non-hydrogen) atoms. The molecule has 0 aromatic carbocycles. The third-order valence-electron chi connectivity index (χ3n) is 2.30. The molecule has 1 N–H and O–H groups in total. The molecule has 0 fully saturated rings. The average Bonchev–Trinajstić information content (AvgIpc) is 2.58. The maximum atomic E-state index is 4.00. The van der Waals surface area contributed by atoms with Crippen LogP contribution in [0, 0.1) is 6.92 Å². The van der Waals surface area contributed by atoms with Gasteiger partial charge in [0.15, 0.2) is 0 Å². The van der Waals surface area contributed by atoms with E-state index in [2.05, 4.69) is 44.8 Å². The van der Waals surface area contributed by atoms with E-state index in [0.717, 1.165) is 13.0 Å². The molecular weight excluding hydrogens is 202 g/mol. The number of aryl methyl sites for hydroxylation is 1. The molecule has 0 bridgehead atoms. The molecule has 1 heterocycles. The summed E-state index contributed by atoms with van der Waals surface area (Å²) in [6.07, 6.45) is 2.22. The number of hydrogen-bond donors (Lipinski definition) is 1. The molecule has 0 aliphatic carbocycles. The zero-order valence-electron chi connectivity index (χ0n) is 9.97. The van der Waals surface area contributed by atoms with Gasteiger partial charge in [-0.3, -0.25) is 0 Å². The summed E-state index contributed by atoms with van der Waals surface area (Å²) < 4.78 is 0. The summed E-state index contributed by atoms with van der Waals surface area (Å²) in [4.78, 5) is 2.82. The van der Waals surface area contributed by atoms with Crippen LogP contribution in [0.25, 0.3) is 0 Å². The van der Waals surface area contributed by atoms with Crippen LogP contribution in [0.3, 0.4) is 0 Å². The maximum Gasteiger partial charge on any atom is 0.0452 e. The second-order valence-corrected chi connectivity index (χ2v) is 5.44. The zero-order chi connectivity index (χ0) is 11.3. The first-order valence-corrected chi connectivity index (χ1v) is 6.39. The molecule has 0 spiro atoms. The minimum atomic E-state index is 0.459. The summed E-state index contributed by atoms with van der Waals surface area (Å²) >= 11 is 1.88. The van der Waals surface area contributed by atoms with Crippen molar-refractivity contribution < 1.29 is 0 Å². The third-order valence-corrected chi connectivity index (χ3v) is 3.41. The highest BCUT2D eigenvalue weighted by atomic mass is 32.1. The van der Waals surface area contributed by atoms with Crippen LogP contribution < -0.4 is 5.32 Å². The number of rotatable bonds is 6. The maximum absolute atomic E-state index is 4.00. The molecule has 0 aliphatic rings. The number of nitrogens with one attached hydrogen (secondary N) is 1. The molecule has 0 saturated carbocycles. The Morgan fingerprint density at radius 3 is 2.73 bits per heavy atom. The molecule has 1 atom stereocenters. The van der Waals surface area contributed by atoms with E-state index in [1.165, 1.54) is 21.7 Å². The fourth-order valence-electron chi connectivity index (χ4n) is 1.58. The highest BCUT2D eigenvalue weighted by Gasteiger charge is 2.12. The molecule has 1 rings (SSSR count). The largest absolute Gasteiger partial charge is 0.309 e. The van der Waals surface area contributed by atoms with Crippen molar-refractivity contribution >= 4 is 11.3 Å². The molecule has 84 valence electrons. The molecule has 1 aromatic rings. The van der Waals surface area contributed by atoms with Crippen molar-refractivity contribution in [3.05, 3.63) is 34.0 Å². The molecule has 0 radical (unpaired) electrons. The quantitative estimate of drug-likeness (QED) is 0.717. The highest BCUT2D eigenvalue weighted by Crippen LogP contribution is 2.27. The van der Waals surface area contributed by atoms with Gasteiger partial charge in [-0.25, -0.2) is 0 Å². The normalized spacial score (nSPS) is 12.7. The molecule has 1 aromatic heterocycles. The predicted molar refractivity (Wildman–Crippen MR) is 69.5 cm³/mol. The summed E-state index contributed by atoms with van der Waals surface area (Å²) in [5, 5.41) is 3.58. The third kappa shape index (κ3) is 4.18. The van der Waals surface area contributed by atoms with E-state index in [9.17, 15) is 0 Å². The number of thiophene rings is 1. The van der Waals surface area contributed by atoms with Crippen molar-refractivity contribution in [2.75, 3.05) is 6.54 Å². The van der Waals surface area contributed by atoms with Gasteiger partial charge in [0, 0.05) is 15.8 Å². The molecule has 1 unspecified atom stereocenters. The molecule has 2 heteroatoms. The summed E-state index contributed by atoms with van der Waals surface area (Å²) in [7, 11) is 0. The smallest absolute Gasteiger partial charge is 0.0452 e. The van der Waals surface area contributed by atoms with Gasteiger partial charge in [-0.15, -0.1) is 17.9 Å². The van der Waals surface area contributed by atoms with Gasteiger partial charge >= 0.3 is 0 Å².